The predicted octanol–water partition coefficient (Wildman–Crippen LogP) is 2.59. The summed E-state index contributed by atoms with van der Waals surface area (Å²) in [5, 5.41) is -0.0600. The summed E-state index contributed by atoms with van der Waals surface area (Å²) in [7, 11) is 3.51. The highest BCUT2D eigenvalue weighted by molar-refractivity contribution is 6.33. The van der Waals surface area contributed by atoms with Crippen LogP contribution < -0.4 is 4.90 Å². The Hall–Kier alpha value is -2.03. The van der Waals surface area contributed by atoms with Gasteiger partial charge in [0.15, 0.2) is 0 Å². The molecule has 2 heterocycles. The molecule has 24 heavy (non-hydrogen) atoms. The number of alkyl halides is 3. The monoisotopic (exact) mass is 363 g/mol. The molecule has 1 aromatic rings. The molecule has 0 aliphatic carbocycles. The van der Waals surface area contributed by atoms with Gasteiger partial charge in [0, 0.05) is 46.5 Å². The Kier molecular flexibility index (Phi) is 5.53. The van der Waals surface area contributed by atoms with Crippen LogP contribution in [0.1, 0.15) is 5.56 Å². The molecule has 1 fully saturated rings. The van der Waals surface area contributed by atoms with Gasteiger partial charge in [-0.05, 0) is 6.07 Å². The highest BCUT2D eigenvalue weighted by Crippen LogP contribution is 2.33. The average molecular weight is 364 g/mol. The fourth-order valence-corrected chi connectivity index (χ4v) is 2.46. The number of nitrogens with zero attached hydrogens (tertiary/aromatic N) is 5. The van der Waals surface area contributed by atoms with E-state index in [1.165, 1.54) is 6.34 Å². The van der Waals surface area contributed by atoms with Crippen molar-refractivity contribution in [2.45, 2.75) is 6.18 Å². The summed E-state index contributed by atoms with van der Waals surface area (Å²) in [5.74, 6) is 0.286. The SMILES string of the molecule is CN(C)/C=N/C(=O)N1CCN(c2ncc(C(F)(F)F)cc2Cl)CC1. The second-order valence-electron chi connectivity index (χ2n) is 5.49. The van der Waals surface area contributed by atoms with Crippen molar-refractivity contribution in [2.75, 3.05) is 45.2 Å². The van der Waals surface area contributed by atoms with Crippen LogP contribution in [0.15, 0.2) is 17.3 Å². The third-order valence-electron chi connectivity index (χ3n) is 3.40. The molecule has 2 amide bonds. The van der Waals surface area contributed by atoms with Gasteiger partial charge in [0.2, 0.25) is 0 Å². The lowest BCUT2D eigenvalue weighted by Gasteiger charge is -2.34. The molecular formula is C14H17ClF3N5O. The van der Waals surface area contributed by atoms with Crippen LogP contribution in [0, 0.1) is 0 Å². The molecule has 0 bridgehead atoms. The maximum atomic E-state index is 12.6. The molecule has 2 rings (SSSR count). The molecule has 0 saturated carbocycles. The number of urea groups is 1. The molecule has 0 N–H and O–H groups in total. The van der Waals surface area contributed by atoms with Gasteiger partial charge >= 0.3 is 12.2 Å². The first kappa shape index (κ1) is 18.3. The minimum atomic E-state index is -4.48. The average Bonchev–Trinajstić information content (AvgIpc) is 2.52. The molecule has 1 aliphatic rings. The van der Waals surface area contributed by atoms with Gasteiger partial charge in [-0.2, -0.15) is 18.2 Å². The molecular weight excluding hydrogens is 347 g/mol. The second kappa shape index (κ2) is 7.25. The van der Waals surface area contributed by atoms with E-state index in [1.54, 1.807) is 28.8 Å². The Bertz CT molecular complexity index is 627. The smallest absolute Gasteiger partial charge is 0.369 e. The Morgan fingerprint density at radius 1 is 1.33 bits per heavy atom. The van der Waals surface area contributed by atoms with E-state index in [2.05, 4.69) is 9.98 Å². The fraction of sp³-hybridized carbons (Fsp3) is 0.500. The maximum Gasteiger partial charge on any atom is 0.417 e. The van der Waals surface area contributed by atoms with E-state index in [0.717, 1.165) is 12.3 Å². The highest BCUT2D eigenvalue weighted by atomic mass is 35.5. The molecule has 0 spiro atoms. The van der Waals surface area contributed by atoms with E-state index >= 15 is 0 Å². The number of rotatable bonds is 2. The number of aliphatic imine (C=N–C) groups is 1. The summed E-state index contributed by atoms with van der Waals surface area (Å²) < 4.78 is 37.9. The number of carbonyl (C=O) groups is 1. The van der Waals surface area contributed by atoms with Gasteiger partial charge in [-0.1, -0.05) is 11.6 Å². The first-order valence-corrected chi connectivity index (χ1v) is 7.53. The quantitative estimate of drug-likeness (QED) is 0.598. The van der Waals surface area contributed by atoms with Crippen LogP contribution >= 0.6 is 11.6 Å². The van der Waals surface area contributed by atoms with Crippen LogP contribution in [0.5, 0.6) is 0 Å². The van der Waals surface area contributed by atoms with Crippen molar-refractivity contribution >= 4 is 29.8 Å². The Morgan fingerprint density at radius 3 is 2.46 bits per heavy atom. The zero-order valence-electron chi connectivity index (χ0n) is 13.2. The van der Waals surface area contributed by atoms with Gasteiger partial charge in [-0.15, -0.1) is 0 Å². The highest BCUT2D eigenvalue weighted by Gasteiger charge is 2.32. The third kappa shape index (κ3) is 4.50. The number of pyridine rings is 1. The summed E-state index contributed by atoms with van der Waals surface area (Å²) in [6, 6.07) is 0.512. The first-order valence-electron chi connectivity index (χ1n) is 7.15. The van der Waals surface area contributed by atoms with Crippen molar-refractivity contribution < 1.29 is 18.0 Å². The number of hydrogen-bond acceptors (Lipinski definition) is 3. The number of piperazine rings is 1. The summed E-state index contributed by atoms with van der Waals surface area (Å²) in [6.07, 6.45) is -2.30. The van der Waals surface area contributed by atoms with Crippen LogP contribution in [0.3, 0.4) is 0 Å². The number of halogens is 4. The molecule has 10 heteroatoms. The van der Waals surface area contributed by atoms with Crippen LogP contribution in [-0.2, 0) is 6.18 Å². The van der Waals surface area contributed by atoms with Crippen LogP contribution in [-0.4, -0.2) is 67.4 Å². The largest absolute Gasteiger partial charge is 0.417 e. The Labute approximate surface area is 142 Å². The van der Waals surface area contributed by atoms with Gasteiger partial charge in [-0.25, -0.2) is 9.78 Å². The molecule has 6 nitrogen and oxygen atoms in total. The number of hydrogen-bond donors (Lipinski definition) is 0. The Balaban J connectivity index is 2.01. The van der Waals surface area contributed by atoms with Crippen molar-refractivity contribution in [2.24, 2.45) is 4.99 Å². The maximum absolute atomic E-state index is 12.6. The van der Waals surface area contributed by atoms with E-state index < -0.39 is 11.7 Å². The lowest BCUT2D eigenvalue weighted by atomic mass is 10.2. The standard InChI is InChI=1S/C14H17ClF3N5O/c1-21(2)9-20-13(24)23-5-3-22(4-6-23)12-11(15)7-10(8-19-12)14(16,17)18/h7-9H,3-6H2,1-2H3/b20-9+. The van der Waals surface area contributed by atoms with Gasteiger partial charge in [0.25, 0.3) is 0 Å². The zero-order valence-corrected chi connectivity index (χ0v) is 14.0. The molecule has 132 valence electrons. The van der Waals surface area contributed by atoms with E-state index in [1.807, 2.05) is 0 Å². The summed E-state index contributed by atoms with van der Waals surface area (Å²) >= 11 is 5.94. The van der Waals surface area contributed by atoms with E-state index in [0.29, 0.717) is 26.2 Å². The lowest BCUT2D eigenvalue weighted by Crippen LogP contribution is -2.48. The zero-order chi connectivity index (χ0) is 17.9. The molecule has 1 saturated heterocycles. The molecule has 0 atom stereocenters. The molecule has 0 radical (unpaired) electrons. The van der Waals surface area contributed by atoms with Crippen LogP contribution in [0.2, 0.25) is 5.02 Å². The number of amides is 2. The van der Waals surface area contributed by atoms with E-state index in [-0.39, 0.29) is 16.9 Å². The Morgan fingerprint density at radius 2 is 1.96 bits per heavy atom. The van der Waals surface area contributed by atoms with Gasteiger partial charge in [0.1, 0.15) is 5.82 Å². The van der Waals surface area contributed by atoms with Crippen molar-refractivity contribution in [1.82, 2.24) is 14.8 Å². The lowest BCUT2D eigenvalue weighted by molar-refractivity contribution is -0.137. The summed E-state index contributed by atoms with van der Waals surface area (Å²) in [5.41, 5.74) is -0.886. The fourth-order valence-electron chi connectivity index (χ4n) is 2.17. The van der Waals surface area contributed by atoms with E-state index in [9.17, 15) is 18.0 Å². The minimum absolute atomic E-state index is 0.0600. The molecule has 0 unspecified atom stereocenters. The van der Waals surface area contributed by atoms with Crippen molar-refractivity contribution in [3.05, 3.63) is 22.8 Å². The number of aromatic nitrogens is 1. The van der Waals surface area contributed by atoms with Gasteiger partial charge < -0.3 is 14.7 Å². The van der Waals surface area contributed by atoms with Gasteiger partial charge in [0.05, 0.1) is 16.9 Å². The third-order valence-corrected chi connectivity index (χ3v) is 3.68. The van der Waals surface area contributed by atoms with Gasteiger partial charge in [-0.3, -0.25) is 0 Å². The molecule has 1 aromatic heterocycles. The van der Waals surface area contributed by atoms with Crippen LogP contribution in [0.25, 0.3) is 0 Å². The van der Waals surface area contributed by atoms with Crippen molar-refractivity contribution in [3.8, 4) is 0 Å². The number of anilines is 1. The predicted molar refractivity (Wildman–Crippen MR) is 85.6 cm³/mol. The topological polar surface area (TPSA) is 52.0 Å². The normalized spacial score (nSPS) is 15.9. The summed E-state index contributed by atoms with van der Waals surface area (Å²) in [4.78, 5) is 24.5. The molecule has 1 aliphatic heterocycles. The minimum Gasteiger partial charge on any atom is -0.369 e. The van der Waals surface area contributed by atoms with Crippen molar-refractivity contribution in [1.29, 1.82) is 0 Å². The van der Waals surface area contributed by atoms with E-state index in [4.69, 9.17) is 11.6 Å². The molecule has 0 aromatic carbocycles. The number of carbonyl (C=O) groups excluding carboxylic acids is 1. The second-order valence-corrected chi connectivity index (χ2v) is 5.90. The summed E-state index contributed by atoms with van der Waals surface area (Å²) in [6.45, 7) is 1.62. The van der Waals surface area contributed by atoms with Crippen LogP contribution in [0.4, 0.5) is 23.8 Å². The first-order chi connectivity index (χ1) is 11.2. The van der Waals surface area contributed by atoms with Crippen molar-refractivity contribution in [3.63, 3.8) is 0 Å².